The molecule has 0 aromatic carbocycles. The molecule has 3 heteroatoms. The van der Waals surface area contributed by atoms with Crippen molar-refractivity contribution in [2.75, 3.05) is 33.7 Å². The Kier molecular flexibility index (Phi) is 3.11. The van der Waals surface area contributed by atoms with Crippen molar-refractivity contribution in [3.63, 3.8) is 0 Å². The molecule has 1 N–H and O–H groups in total. The molecule has 1 aliphatic rings. The lowest BCUT2D eigenvalue weighted by Gasteiger charge is -2.08. The summed E-state index contributed by atoms with van der Waals surface area (Å²) in [4.78, 5) is 6.35. The standard InChI is InChI=1S/C8H15N3/c1-11(2)7-8-5-9-3-4-10-6-8/h5-6,9H,3-4,7H2,1-2H3. The number of likely N-dealkylation sites (N-methyl/N-ethyl adjacent to an activating group) is 1. The molecule has 0 spiro atoms. The van der Waals surface area contributed by atoms with Crippen LogP contribution >= 0.6 is 0 Å². The zero-order chi connectivity index (χ0) is 8.10. The van der Waals surface area contributed by atoms with Gasteiger partial charge in [-0.25, -0.2) is 0 Å². The minimum absolute atomic E-state index is 0.882. The average Bonchev–Trinajstić information content (AvgIpc) is 2.14. The van der Waals surface area contributed by atoms with Gasteiger partial charge < -0.3 is 10.2 Å². The maximum atomic E-state index is 4.22. The van der Waals surface area contributed by atoms with E-state index in [4.69, 9.17) is 0 Å². The van der Waals surface area contributed by atoms with Gasteiger partial charge in [-0.05, 0) is 19.7 Å². The molecule has 1 rings (SSSR count). The normalized spacial score (nSPS) is 17.5. The monoisotopic (exact) mass is 153 g/mol. The maximum absolute atomic E-state index is 4.22. The minimum Gasteiger partial charge on any atom is -0.389 e. The molecule has 1 aliphatic heterocycles. The molecule has 0 saturated carbocycles. The fraction of sp³-hybridized carbons (Fsp3) is 0.625. The van der Waals surface area contributed by atoms with E-state index in [1.54, 1.807) is 0 Å². The van der Waals surface area contributed by atoms with Gasteiger partial charge in [-0.1, -0.05) is 0 Å². The zero-order valence-corrected chi connectivity index (χ0v) is 7.17. The summed E-state index contributed by atoms with van der Waals surface area (Å²) in [5, 5.41) is 3.19. The highest BCUT2D eigenvalue weighted by atomic mass is 15.1. The van der Waals surface area contributed by atoms with E-state index < -0.39 is 0 Å². The molecule has 62 valence electrons. The van der Waals surface area contributed by atoms with Crippen LogP contribution in [0.25, 0.3) is 0 Å². The maximum Gasteiger partial charge on any atom is 0.0562 e. The molecule has 0 radical (unpaired) electrons. The molecule has 0 bridgehead atoms. The van der Waals surface area contributed by atoms with Gasteiger partial charge in [0.25, 0.3) is 0 Å². The third-order valence-electron chi connectivity index (χ3n) is 1.43. The highest BCUT2D eigenvalue weighted by Gasteiger charge is 1.97. The first-order valence-electron chi connectivity index (χ1n) is 3.86. The molecule has 11 heavy (non-hydrogen) atoms. The average molecular weight is 153 g/mol. The van der Waals surface area contributed by atoms with Crippen LogP contribution in [0.15, 0.2) is 16.8 Å². The van der Waals surface area contributed by atoms with Crippen molar-refractivity contribution in [1.82, 2.24) is 10.2 Å². The molecular weight excluding hydrogens is 138 g/mol. The second kappa shape index (κ2) is 4.13. The summed E-state index contributed by atoms with van der Waals surface area (Å²) < 4.78 is 0. The molecule has 1 heterocycles. The fourth-order valence-corrected chi connectivity index (χ4v) is 1.00. The molecule has 0 unspecified atom stereocenters. The number of nitrogens with one attached hydrogen (secondary N) is 1. The summed E-state index contributed by atoms with van der Waals surface area (Å²) in [5.74, 6) is 0. The Labute approximate surface area is 67.8 Å². The number of rotatable bonds is 2. The molecule has 0 fully saturated rings. The van der Waals surface area contributed by atoms with Crippen LogP contribution in [0.4, 0.5) is 0 Å². The van der Waals surface area contributed by atoms with Gasteiger partial charge in [-0.15, -0.1) is 0 Å². The Hall–Kier alpha value is -0.830. The lowest BCUT2D eigenvalue weighted by Crippen LogP contribution is -2.17. The van der Waals surface area contributed by atoms with Gasteiger partial charge in [-0.2, -0.15) is 0 Å². The van der Waals surface area contributed by atoms with E-state index in [0.29, 0.717) is 0 Å². The van der Waals surface area contributed by atoms with Gasteiger partial charge >= 0.3 is 0 Å². The molecule has 0 aliphatic carbocycles. The highest BCUT2D eigenvalue weighted by molar-refractivity contribution is 5.79. The zero-order valence-electron chi connectivity index (χ0n) is 7.17. The van der Waals surface area contributed by atoms with Crippen molar-refractivity contribution in [1.29, 1.82) is 0 Å². The first kappa shape index (κ1) is 8.27. The van der Waals surface area contributed by atoms with Crippen LogP contribution in [-0.2, 0) is 0 Å². The predicted octanol–water partition coefficient (Wildman–Crippen LogP) is 0.106. The van der Waals surface area contributed by atoms with Crippen LogP contribution in [0.2, 0.25) is 0 Å². The topological polar surface area (TPSA) is 27.6 Å². The molecule has 0 aromatic rings. The Bertz CT molecular complexity index is 170. The van der Waals surface area contributed by atoms with E-state index in [1.807, 2.05) is 12.4 Å². The third-order valence-corrected chi connectivity index (χ3v) is 1.43. The molecular formula is C8H15N3. The molecule has 0 aromatic heterocycles. The van der Waals surface area contributed by atoms with Crippen LogP contribution in [0.3, 0.4) is 0 Å². The van der Waals surface area contributed by atoms with E-state index in [2.05, 4.69) is 29.3 Å². The van der Waals surface area contributed by atoms with Crippen molar-refractivity contribution in [2.45, 2.75) is 0 Å². The van der Waals surface area contributed by atoms with Crippen molar-refractivity contribution in [3.8, 4) is 0 Å². The Balaban J connectivity index is 2.46. The summed E-state index contributed by atoms with van der Waals surface area (Å²) in [6.45, 7) is 2.79. The SMILES string of the molecule is CN(C)CC1=CNCCN=C1. The second-order valence-electron chi connectivity index (χ2n) is 2.95. The van der Waals surface area contributed by atoms with E-state index in [9.17, 15) is 0 Å². The first-order chi connectivity index (χ1) is 5.29. The molecule has 0 amide bonds. The smallest absolute Gasteiger partial charge is 0.0562 e. The lowest BCUT2D eigenvalue weighted by molar-refractivity contribution is 0.451. The Morgan fingerprint density at radius 1 is 1.64 bits per heavy atom. The van der Waals surface area contributed by atoms with E-state index in [-0.39, 0.29) is 0 Å². The van der Waals surface area contributed by atoms with Crippen LogP contribution in [0.1, 0.15) is 0 Å². The van der Waals surface area contributed by atoms with Gasteiger partial charge in [-0.3, -0.25) is 4.99 Å². The van der Waals surface area contributed by atoms with Gasteiger partial charge in [0.05, 0.1) is 6.54 Å². The highest BCUT2D eigenvalue weighted by Crippen LogP contribution is 1.93. The van der Waals surface area contributed by atoms with Crippen LogP contribution in [-0.4, -0.2) is 44.8 Å². The fourth-order valence-electron chi connectivity index (χ4n) is 1.00. The first-order valence-corrected chi connectivity index (χ1v) is 3.86. The largest absolute Gasteiger partial charge is 0.389 e. The number of aliphatic imine (C=N–C) groups is 1. The summed E-state index contributed by atoms with van der Waals surface area (Å²) in [7, 11) is 4.11. The van der Waals surface area contributed by atoms with Crippen molar-refractivity contribution < 1.29 is 0 Å². The summed E-state index contributed by atoms with van der Waals surface area (Å²) in [6.07, 6.45) is 3.98. The van der Waals surface area contributed by atoms with Crippen molar-refractivity contribution >= 4 is 6.21 Å². The van der Waals surface area contributed by atoms with Crippen molar-refractivity contribution in [3.05, 3.63) is 11.8 Å². The number of nitrogens with zero attached hydrogens (tertiary/aromatic N) is 2. The van der Waals surface area contributed by atoms with E-state index in [1.165, 1.54) is 5.57 Å². The molecule has 3 nitrogen and oxygen atoms in total. The van der Waals surface area contributed by atoms with Gasteiger partial charge in [0.15, 0.2) is 0 Å². The Morgan fingerprint density at radius 2 is 2.45 bits per heavy atom. The van der Waals surface area contributed by atoms with Gasteiger partial charge in [0.2, 0.25) is 0 Å². The lowest BCUT2D eigenvalue weighted by atomic mass is 10.3. The van der Waals surface area contributed by atoms with Crippen LogP contribution in [0.5, 0.6) is 0 Å². The second-order valence-corrected chi connectivity index (χ2v) is 2.95. The summed E-state index contributed by atoms with van der Waals surface area (Å²) in [6, 6.07) is 0. The molecule has 0 saturated heterocycles. The van der Waals surface area contributed by atoms with Gasteiger partial charge in [0, 0.05) is 25.5 Å². The van der Waals surface area contributed by atoms with Crippen LogP contribution in [0, 0.1) is 0 Å². The van der Waals surface area contributed by atoms with Crippen LogP contribution < -0.4 is 5.32 Å². The summed E-state index contributed by atoms with van der Waals surface area (Å²) in [5.41, 5.74) is 1.24. The van der Waals surface area contributed by atoms with E-state index in [0.717, 1.165) is 19.6 Å². The minimum atomic E-state index is 0.882. The quantitative estimate of drug-likeness (QED) is 0.609. The number of hydrogen-bond acceptors (Lipinski definition) is 3. The van der Waals surface area contributed by atoms with Crippen molar-refractivity contribution in [2.24, 2.45) is 4.99 Å². The summed E-state index contributed by atoms with van der Waals surface area (Å²) >= 11 is 0. The number of hydrogen-bond donors (Lipinski definition) is 1. The predicted molar refractivity (Wildman–Crippen MR) is 48.0 cm³/mol. The van der Waals surface area contributed by atoms with E-state index >= 15 is 0 Å². The Morgan fingerprint density at radius 3 is 3.18 bits per heavy atom. The van der Waals surface area contributed by atoms with Gasteiger partial charge in [0.1, 0.15) is 0 Å². The third kappa shape index (κ3) is 3.18. The molecule has 0 atom stereocenters.